The molecule has 3 N–H and O–H groups in total. The van der Waals surface area contributed by atoms with Crippen molar-refractivity contribution >= 4 is 17.1 Å². The van der Waals surface area contributed by atoms with Crippen LogP contribution >= 0.6 is 0 Å². The monoisotopic (exact) mass is 248 g/mol. The third-order valence-corrected chi connectivity index (χ3v) is 2.92. The highest BCUT2D eigenvalue weighted by Crippen LogP contribution is 2.25. The summed E-state index contributed by atoms with van der Waals surface area (Å²) >= 11 is 0. The van der Waals surface area contributed by atoms with Gasteiger partial charge in [-0.25, -0.2) is 0 Å². The van der Waals surface area contributed by atoms with Crippen LogP contribution in [0.25, 0.3) is 0 Å². The van der Waals surface area contributed by atoms with Gasteiger partial charge in [0.1, 0.15) is 12.1 Å². The summed E-state index contributed by atoms with van der Waals surface area (Å²) in [5.41, 5.74) is 9.86. The molecule has 0 atom stereocenters. The van der Waals surface area contributed by atoms with E-state index >= 15 is 0 Å². The summed E-state index contributed by atoms with van der Waals surface area (Å²) in [7, 11) is 0. The van der Waals surface area contributed by atoms with Gasteiger partial charge in [-0.3, -0.25) is 0 Å². The fourth-order valence-electron chi connectivity index (χ4n) is 1.76. The molecule has 0 amide bonds. The molecule has 0 saturated carbocycles. The molecular formula is C15H12N4. The van der Waals surface area contributed by atoms with E-state index < -0.39 is 0 Å². The largest absolute Gasteiger partial charge is 0.398 e. The van der Waals surface area contributed by atoms with Crippen molar-refractivity contribution in [3.63, 3.8) is 0 Å². The van der Waals surface area contributed by atoms with Gasteiger partial charge >= 0.3 is 0 Å². The van der Waals surface area contributed by atoms with Crippen LogP contribution in [-0.4, -0.2) is 0 Å². The third-order valence-electron chi connectivity index (χ3n) is 2.92. The van der Waals surface area contributed by atoms with E-state index in [-0.39, 0.29) is 0 Å². The van der Waals surface area contributed by atoms with E-state index in [1.54, 1.807) is 18.2 Å². The minimum atomic E-state index is 0.356. The molecule has 0 radical (unpaired) electrons. The van der Waals surface area contributed by atoms with E-state index in [1.807, 2.05) is 37.3 Å². The maximum absolute atomic E-state index is 8.99. The summed E-state index contributed by atoms with van der Waals surface area (Å²) in [6.45, 7) is 1.92. The summed E-state index contributed by atoms with van der Waals surface area (Å²) in [4.78, 5) is 0. The molecule has 2 rings (SSSR count). The number of nitrogens with two attached hydrogens (primary N) is 1. The number of nitriles is 2. The predicted octanol–water partition coefficient (Wildman–Crippen LogP) is 3.06. The van der Waals surface area contributed by atoms with E-state index in [0.29, 0.717) is 16.8 Å². The van der Waals surface area contributed by atoms with Gasteiger partial charge < -0.3 is 11.1 Å². The van der Waals surface area contributed by atoms with Crippen molar-refractivity contribution in [2.45, 2.75) is 6.92 Å². The number of benzene rings is 2. The molecule has 0 fully saturated rings. The summed E-state index contributed by atoms with van der Waals surface area (Å²) < 4.78 is 0. The Morgan fingerprint density at radius 3 is 2.47 bits per heavy atom. The smallest absolute Gasteiger partial charge is 0.101 e. The lowest BCUT2D eigenvalue weighted by Crippen LogP contribution is -1.97. The Hall–Kier alpha value is -2.98. The van der Waals surface area contributed by atoms with Crippen LogP contribution in [-0.2, 0) is 0 Å². The second kappa shape index (κ2) is 5.12. The average molecular weight is 248 g/mol. The van der Waals surface area contributed by atoms with Crippen LogP contribution in [0, 0.1) is 29.6 Å². The van der Waals surface area contributed by atoms with Gasteiger partial charge in [0.25, 0.3) is 0 Å². The summed E-state index contributed by atoms with van der Waals surface area (Å²) in [5.74, 6) is 0. The second-order valence-corrected chi connectivity index (χ2v) is 4.13. The number of nitrogen functional groups attached to an aromatic ring is 1. The zero-order chi connectivity index (χ0) is 13.8. The molecule has 0 unspecified atom stereocenters. The molecule has 0 heterocycles. The number of nitrogens with zero attached hydrogens (tertiary/aromatic N) is 2. The van der Waals surface area contributed by atoms with E-state index in [0.717, 1.165) is 16.9 Å². The van der Waals surface area contributed by atoms with Crippen LogP contribution in [0.2, 0.25) is 0 Å². The Labute approximate surface area is 111 Å². The molecule has 19 heavy (non-hydrogen) atoms. The van der Waals surface area contributed by atoms with Gasteiger partial charge in [0, 0.05) is 17.1 Å². The molecule has 0 spiro atoms. The molecule has 4 nitrogen and oxygen atoms in total. The summed E-state index contributed by atoms with van der Waals surface area (Å²) in [6, 6.07) is 14.7. The lowest BCUT2D eigenvalue weighted by molar-refractivity contribution is 1.40. The molecule has 0 aliphatic heterocycles. The first-order chi connectivity index (χ1) is 9.15. The zero-order valence-electron chi connectivity index (χ0n) is 10.4. The maximum atomic E-state index is 8.99. The Morgan fingerprint density at radius 1 is 1.05 bits per heavy atom. The van der Waals surface area contributed by atoms with Crippen LogP contribution in [0.15, 0.2) is 36.4 Å². The van der Waals surface area contributed by atoms with Gasteiger partial charge in [0.2, 0.25) is 0 Å². The Morgan fingerprint density at radius 2 is 1.79 bits per heavy atom. The molecule has 92 valence electrons. The van der Waals surface area contributed by atoms with Gasteiger partial charge in [0.05, 0.1) is 11.1 Å². The lowest BCUT2D eigenvalue weighted by Gasteiger charge is -2.11. The Kier molecular flexibility index (Phi) is 3.36. The minimum Gasteiger partial charge on any atom is -0.398 e. The molecule has 0 saturated heterocycles. The topological polar surface area (TPSA) is 85.6 Å². The molecule has 2 aromatic carbocycles. The minimum absolute atomic E-state index is 0.356. The predicted molar refractivity (Wildman–Crippen MR) is 74.7 cm³/mol. The first kappa shape index (κ1) is 12.5. The number of anilines is 3. The molecule has 2 aromatic rings. The second-order valence-electron chi connectivity index (χ2n) is 4.13. The molecule has 0 aromatic heterocycles. The fourth-order valence-corrected chi connectivity index (χ4v) is 1.76. The van der Waals surface area contributed by atoms with Gasteiger partial charge in [-0.1, -0.05) is 6.07 Å². The molecule has 0 aliphatic rings. The van der Waals surface area contributed by atoms with E-state index in [4.69, 9.17) is 16.3 Å². The van der Waals surface area contributed by atoms with Crippen LogP contribution in [0.4, 0.5) is 17.1 Å². The zero-order valence-corrected chi connectivity index (χ0v) is 10.4. The van der Waals surface area contributed by atoms with Crippen molar-refractivity contribution in [3.8, 4) is 12.1 Å². The first-order valence-corrected chi connectivity index (χ1v) is 5.72. The number of rotatable bonds is 2. The quantitative estimate of drug-likeness (QED) is 0.800. The SMILES string of the molecule is Cc1c(N)cccc1Nc1ccc(C#N)c(C#N)c1. The van der Waals surface area contributed by atoms with Crippen molar-refractivity contribution < 1.29 is 0 Å². The number of hydrogen-bond acceptors (Lipinski definition) is 4. The van der Waals surface area contributed by atoms with Crippen LogP contribution in [0.5, 0.6) is 0 Å². The average Bonchev–Trinajstić information content (AvgIpc) is 2.43. The van der Waals surface area contributed by atoms with E-state index in [2.05, 4.69) is 5.32 Å². The van der Waals surface area contributed by atoms with Gasteiger partial charge in [-0.2, -0.15) is 10.5 Å². The van der Waals surface area contributed by atoms with Crippen molar-refractivity contribution in [2.24, 2.45) is 0 Å². The summed E-state index contributed by atoms with van der Waals surface area (Å²) in [6.07, 6.45) is 0. The molecule has 0 bridgehead atoms. The maximum Gasteiger partial charge on any atom is 0.101 e. The lowest BCUT2D eigenvalue weighted by atomic mass is 10.1. The van der Waals surface area contributed by atoms with Crippen molar-refractivity contribution in [1.82, 2.24) is 0 Å². The summed E-state index contributed by atoms with van der Waals surface area (Å²) in [5, 5.41) is 21.1. The fraction of sp³-hybridized carbons (Fsp3) is 0.0667. The molecular weight excluding hydrogens is 236 g/mol. The molecule has 0 aliphatic carbocycles. The van der Waals surface area contributed by atoms with Crippen molar-refractivity contribution in [3.05, 3.63) is 53.1 Å². The standard InChI is InChI=1S/C15H12N4/c1-10-14(18)3-2-4-15(10)19-13-6-5-11(8-16)12(7-13)9-17/h2-7,19H,18H2,1H3. The van der Waals surface area contributed by atoms with Gasteiger partial charge in [-0.05, 0) is 42.8 Å². The first-order valence-electron chi connectivity index (χ1n) is 5.72. The van der Waals surface area contributed by atoms with E-state index in [1.165, 1.54) is 0 Å². The molecule has 4 heteroatoms. The van der Waals surface area contributed by atoms with Crippen molar-refractivity contribution in [2.75, 3.05) is 11.1 Å². The number of hydrogen-bond donors (Lipinski definition) is 2. The van der Waals surface area contributed by atoms with Crippen molar-refractivity contribution in [1.29, 1.82) is 10.5 Å². The number of nitrogens with one attached hydrogen (secondary N) is 1. The Bertz CT molecular complexity index is 705. The van der Waals surface area contributed by atoms with Gasteiger partial charge in [0.15, 0.2) is 0 Å². The normalized spacial score (nSPS) is 9.42. The van der Waals surface area contributed by atoms with Gasteiger partial charge in [-0.15, -0.1) is 0 Å². The van der Waals surface area contributed by atoms with Crippen LogP contribution < -0.4 is 11.1 Å². The van der Waals surface area contributed by atoms with E-state index in [9.17, 15) is 0 Å². The van der Waals surface area contributed by atoms with Crippen LogP contribution in [0.1, 0.15) is 16.7 Å². The highest BCUT2D eigenvalue weighted by atomic mass is 14.9. The van der Waals surface area contributed by atoms with Crippen LogP contribution in [0.3, 0.4) is 0 Å². The third kappa shape index (κ3) is 2.48. The highest BCUT2D eigenvalue weighted by Gasteiger charge is 2.05. The Balaban J connectivity index is 2.38. The highest BCUT2D eigenvalue weighted by molar-refractivity contribution is 5.70.